The molecule has 0 aliphatic carbocycles. The monoisotopic (exact) mass is 187 g/mol. The zero-order valence-corrected chi connectivity index (χ0v) is 8.23. The summed E-state index contributed by atoms with van der Waals surface area (Å²) in [5.41, 5.74) is 2.16. The molecule has 0 atom stereocenters. The molecule has 2 heteroatoms. The molecule has 0 amide bonds. The molecule has 0 unspecified atom stereocenters. The van der Waals surface area contributed by atoms with Gasteiger partial charge in [0.2, 0.25) is 5.90 Å². The zero-order chi connectivity index (χ0) is 9.80. The molecule has 0 spiro atoms. The standard InChI is InChI=1S/C12H13NO/c1-10-5-4-6-11(9-10)13-12-7-2-3-8-14-12/h2,4-7,9H,3,8H2,1H3. The fourth-order valence-corrected chi connectivity index (χ4v) is 1.36. The number of nitrogens with zero attached hydrogens (tertiary/aromatic N) is 1. The maximum Gasteiger partial charge on any atom is 0.213 e. The summed E-state index contributed by atoms with van der Waals surface area (Å²) in [4.78, 5) is 4.39. The SMILES string of the molecule is Cc1cccc(N=C2C=CCCO2)c1. The van der Waals surface area contributed by atoms with Crippen LogP contribution in [0.2, 0.25) is 0 Å². The summed E-state index contributed by atoms with van der Waals surface area (Å²) in [6.07, 6.45) is 4.98. The molecule has 0 saturated carbocycles. The second kappa shape index (κ2) is 4.09. The van der Waals surface area contributed by atoms with E-state index >= 15 is 0 Å². The number of ether oxygens (including phenoxy) is 1. The van der Waals surface area contributed by atoms with Crippen LogP contribution in [0.4, 0.5) is 5.69 Å². The first-order valence-electron chi connectivity index (χ1n) is 4.79. The molecule has 1 aromatic carbocycles. The van der Waals surface area contributed by atoms with Crippen molar-refractivity contribution in [3.05, 3.63) is 42.0 Å². The van der Waals surface area contributed by atoms with E-state index in [2.05, 4.69) is 24.1 Å². The highest BCUT2D eigenvalue weighted by molar-refractivity contribution is 5.90. The average Bonchev–Trinajstić information content (AvgIpc) is 2.19. The van der Waals surface area contributed by atoms with Gasteiger partial charge in [-0.3, -0.25) is 0 Å². The highest BCUT2D eigenvalue weighted by Gasteiger charge is 2.00. The normalized spacial score (nSPS) is 18.2. The fraction of sp³-hybridized carbons (Fsp3) is 0.250. The first-order chi connectivity index (χ1) is 6.84. The molecule has 1 aliphatic rings. The quantitative estimate of drug-likeness (QED) is 0.662. The molecule has 72 valence electrons. The lowest BCUT2D eigenvalue weighted by Gasteiger charge is -2.08. The minimum atomic E-state index is 0.710. The molecule has 0 radical (unpaired) electrons. The Hall–Kier alpha value is -1.57. The van der Waals surface area contributed by atoms with Crippen molar-refractivity contribution >= 4 is 11.6 Å². The van der Waals surface area contributed by atoms with Crippen LogP contribution in [-0.4, -0.2) is 12.5 Å². The molecule has 1 heterocycles. The minimum absolute atomic E-state index is 0.710. The third-order valence-electron chi connectivity index (χ3n) is 2.04. The smallest absolute Gasteiger partial charge is 0.213 e. The largest absolute Gasteiger partial charge is 0.477 e. The molecule has 0 N–H and O–H groups in total. The lowest BCUT2D eigenvalue weighted by Crippen LogP contribution is -2.06. The fourth-order valence-electron chi connectivity index (χ4n) is 1.36. The molecule has 2 nitrogen and oxygen atoms in total. The topological polar surface area (TPSA) is 21.6 Å². The van der Waals surface area contributed by atoms with E-state index in [1.54, 1.807) is 0 Å². The van der Waals surface area contributed by atoms with Crippen LogP contribution >= 0.6 is 0 Å². The Labute approximate surface area is 83.9 Å². The van der Waals surface area contributed by atoms with E-state index in [1.165, 1.54) is 5.56 Å². The van der Waals surface area contributed by atoms with Crippen LogP contribution in [0.5, 0.6) is 0 Å². The maximum atomic E-state index is 5.38. The van der Waals surface area contributed by atoms with Gasteiger partial charge in [-0.15, -0.1) is 0 Å². The lowest BCUT2D eigenvalue weighted by molar-refractivity contribution is 0.308. The predicted molar refractivity (Wildman–Crippen MR) is 58.0 cm³/mol. The molecule has 2 rings (SSSR count). The molecule has 0 aromatic heterocycles. The van der Waals surface area contributed by atoms with E-state index in [1.807, 2.05) is 24.3 Å². The van der Waals surface area contributed by atoms with Gasteiger partial charge in [0.25, 0.3) is 0 Å². The van der Waals surface area contributed by atoms with Crippen LogP contribution in [0.25, 0.3) is 0 Å². The van der Waals surface area contributed by atoms with Crippen molar-refractivity contribution in [1.82, 2.24) is 0 Å². The van der Waals surface area contributed by atoms with Crippen molar-refractivity contribution in [2.75, 3.05) is 6.61 Å². The van der Waals surface area contributed by atoms with Gasteiger partial charge in [-0.25, -0.2) is 4.99 Å². The van der Waals surface area contributed by atoms with Crippen LogP contribution in [0.3, 0.4) is 0 Å². The summed E-state index contributed by atoms with van der Waals surface area (Å²) in [6, 6.07) is 8.08. The summed E-state index contributed by atoms with van der Waals surface area (Å²) in [5.74, 6) is 0.710. The van der Waals surface area contributed by atoms with Gasteiger partial charge < -0.3 is 4.74 Å². The molecule has 0 saturated heterocycles. The Morgan fingerprint density at radius 1 is 1.36 bits per heavy atom. The first kappa shape index (κ1) is 9.00. The van der Waals surface area contributed by atoms with Crippen molar-refractivity contribution in [3.63, 3.8) is 0 Å². The highest BCUT2D eigenvalue weighted by atomic mass is 16.5. The van der Waals surface area contributed by atoms with Crippen molar-refractivity contribution in [2.24, 2.45) is 4.99 Å². The predicted octanol–water partition coefficient (Wildman–Crippen LogP) is 3.00. The summed E-state index contributed by atoms with van der Waals surface area (Å²) < 4.78 is 5.38. The van der Waals surface area contributed by atoms with Crippen molar-refractivity contribution in [2.45, 2.75) is 13.3 Å². The molecule has 0 bridgehead atoms. The minimum Gasteiger partial charge on any atom is -0.477 e. The lowest BCUT2D eigenvalue weighted by atomic mass is 10.2. The van der Waals surface area contributed by atoms with Crippen LogP contribution in [0.1, 0.15) is 12.0 Å². The van der Waals surface area contributed by atoms with Crippen molar-refractivity contribution in [1.29, 1.82) is 0 Å². The number of aryl methyl sites for hydroxylation is 1. The Bertz CT molecular complexity index is 380. The van der Waals surface area contributed by atoms with E-state index in [4.69, 9.17) is 4.74 Å². The Balaban J connectivity index is 2.23. The summed E-state index contributed by atoms with van der Waals surface area (Å²) in [6.45, 7) is 2.79. The Morgan fingerprint density at radius 2 is 2.29 bits per heavy atom. The average molecular weight is 187 g/mol. The van der Waals surface area contributed by atoms with Gasteiger partial charge in [0.1, 0.15) is 0 Å². The Morgan fingerprint density at radius 3 is 3.00 bits per heavy atom. The van der Waals surface area contributed by atoms with Crippen LogP contribution < -0.4 is 0 Å². The van der Waals surface area contributed by atoms with Crippen LogP contribution in [0, 0.1) is 6.92 Å². The third kappa shape index (κ3) is 2.22. The number of aliphatic imine (C=N–C) groups is 1. The molecule has 1 aromatic rings. The zero-order valence-electron chi connectivity index (χ0n) is 8.23. The molecule has 1 aliphatic heterocycles. The van der Waals surface area contributed by atoms with Crippen LogP contribution in [0.15, 0.2) is 41.4 Å². The van der Waals surface area contributed by atoms with Gasteiger partial charge in [0.15, 0.2) is 0 Å². The van der Waals surface area contributed by atoms with Gasteiger partial charge in [-0.2, -0.15) is 0 Å². The van der Waals surface area contributed by atoms with Gasteiger partial charge in [0, 0.05) is 0 Å². The van der Waals surface area contributed by atoms with Crippen molar-refractivity contribution in [3.8, 4) is 0 Å². The molecule has 0 fully saturated rings. The van der Waals surface area contributed by atoms with E-state index in [0.29, 0.717) is 5.90 Å². The molecule has 14 heavy (non-hydrogen) atoms. The first-order valence-corrected chi connectivity index (χ1v) is 4.79. The van der Waals surface area contributed by atoms with E-state index in [0.717, 1.165) is 18.7 Å². The Kier molecular flexibility index (Phi) is 2.63. The van der Waals surface area contributed by atoms with E-state index < -0.39 is 0 Å². The maximum absolute atomic E-state index is 5.38. The van der Waals surface area contributed by atoms with Crippen LogP contribution in [-0.2, 0) is 4.74 Å². The number of rotatable bonds is 1. The van der Waals surface area contributed by atoms with E-state index in [9.17, 15) is 0 Å². The highest BCUT2D eigenvalue weighted by Crippen LogP contribution is 2.15. The second-order valence-electron chi connectivity index (χ2n) is 3.33. The molecular formula is C12H13NO. The summed E-state index contributed by atoms with van der Waals surface area (Å²) in [7, 11) is 0. The molecular weight excluding hydrogens is 174 g/mol. The van der Waals surface area contributed by atoms with Gasteiger partial charge in [-0.05, 0) is 37.1 Å². The number of hydrogen-bond donors (Lipinski definition) is 0. The van der Waals surface area contributed by atoms with Gasteiger partial charge in [-0.1, -0.05) is 18.2 Å². The van der Waals surface area contributed by atoms with Gasteiger partial charge in [0.05, 0.1) is 12.3 Å². The van der Waals surface area contributed by atoms with Gasteiger partial charge >= 0.3 is 0 Å². The second-order valence-corrected chi connectivity index (χ2v) is 3.33. The third-order valence-corrected chi connectivity index (χ3v) is 2.04. The number of hydrogen-bond acceptors (Lipinski definition) is 2. The van der Waals surface area contributed by atoms with E-state index in [-0.39, 0.29) is 0 Å². The number of benzene rings is 1. The summed E-state index contributed by atoms with van der Waals surface area (Å²) in [5, 5.41) is 0. The van der Waals surface area contributed by atoms with Crippen molar-refractivity contribution < 1.29 is 4.74 Å². The summed E-state index contributed by atoms with van der Waals surface area (Å²) >= 11 is 0.